The van der Waals surface area contributed by atoms with Crippen LogP contribution in [0.25, 0.3) is 0 Å². The third kappa shape index (κ3) is 2.90. The number of benzene rings is 1. The van der Waals surface area contributed by atoms with E-state index in [4.69, 9.17) is 14.2 Å². The third-order valence-corrected chi connectivity index (χ3v) is 3.31. The first-order valence-corrected chi connectivity index (χ1v) is 6.23. The number of ether oxygens (including phenoxy) is 3. The van der Waals surface area contributed by atoms with E-state index in [-0.39, 0.29) is 18.4 Å². The van der Waals surface area contributed by atoms with Gasteiger partial charge in [0.1, 0.15) is 0 Å². The summed E-state index contributed by atoms with van der Waals surface area (Å²) in [5.74, 6) is 0. The van der Waals surface area contributed by atoms with Gasteiger partial charge in [-0.05, 0) is 18.1 Å². The molecule has 100 valence electrons. The minimum Gasteiger partial charge on any atom is -0.375 e. The highest BCUT2D eigenvalue weighted by molar-refractivity contribution is 5.31. The van der Waals surface area contributed by atoms with Crippen molar-refractivity contribution >= 4 is 0 Å². The predicted octanol–water partition coefficient (Wildman–Crippen LogP) is 1.85. The summed E-state index contributed by atoms with van der Waals surface area (Å²) >= 11 is 0. The molecule has 18 heavy (non-hydrogen) atoms. The minimum atomic E-state index is -0.251. The average molecular weight is 251 g/mol. The molecule has 1 aromatic carbocycles. The fourth-order valence-electron chi connectivity index (χ4n) is 2.42. The van der Waals surface area contributed by atoms with Gasteiger partial charge in [-0.25, -0.2) is 0 Å². The monoisotopic (exact) mass is 251 g/mol. The van der Waals surface area contributed by atoms with Crippen molar-refractivity contribution in [3.63, 3.8) is 0 Å². The van der Waals surface area contributed by atoms with Gasteiger partial charge in [0, 0.05) is 14.2 Å². The molecule has 0 radical (unpaired) electrons. The lowest BCUT2D eigenvalue weighted by Gasteiger charge is -2.31. The molecule has 0 saturated heterocycles. The highest BCUT2D eigenvalue weighted by atomic mass is 16.7. The Morgan fingerprint density at radius 1 is 1.28 bits per heavy atom. The predicted molar refractivity (Wildman–Crippen MR) is 69.2 cm³/mol. The largest absolute Gasteiger partial charge is 0.375 e. The number of hydrogen-bond acceptors (Lipinski definition) is 4. The molecule has 0 bridgehead atoms. The highest BCUT2D eigenvalue weighted by Gasteiger charge is 2.24. The fourth-order valence-corrected chi connectivity index (χ4v) is 2.42. The van der Waals surface area contributed by atoms with Crippen LogP contribution < -0.4 is 5.32 Å². The lowest BCUT2D eigenvalue weighted by atomic mass is 9.98. The molecule has 1 heterocycles. The molecule has 1 N–H and O–H groups in total. The van der Waals surface area contributed by atoms with Gasteiger partial charge in [0.15, 0.2) is 6.29 Å². The maximum absolute atomic E-state index is 5.61. The smallest absolute Gasteiger partial charge is 0.171 e. The first-order chi connectivity index (χ1) is 8.76. The van der Waals surface area contributed by atoms with Crippen molar-refractivity contribution in [3.05, 3.63) is 35.4 Å². The summed E-state index contributed by atoms with van der Waals surface area (Å²) in [5.41, 5.74) is 2.56. The Labute approximate surface area is 108 Å². The Bertz CT molecular complexity index is 379. The highest BCUT2D eigenvalue weighted by Crippen LogP contribution is 2.25. The van der Waals surface area contributed by atoms with Gasteiger partial charge < -0.3 is 19.5 Å². The summed E-state index contributed by atoms with van der Waals surface area (Å²) in [6, 6.07) is 8.65. The molecule has 1 aliphatic heterocycles. The number of hydrogen-bond donors (Lipinski definition) is 1. The van der Waals surface area contributed by atoms with E-state index in [1.807, 2.05) is 6.07 Å². The van der Waals surface area contributed by atoms with E-state index in [9.17, 15) is 0 Å². The summed E-state index contributed by atoms with van der Waals surface area (Å²) in [6.45, 7) is 3.43. The Kier molecular flexibility index (Phi) is 4.72. The maximum atomic E-state index is 5.61. The van der Waals surface area contributed by atoms with Crippen molar-refractivity contribution in [1.29, 1.82) is 0 Å². The molecule has 0 fully saturated rings. The summed E-state index contributed by atoms with van der Waals surface area (Å²) in [4.78, 5) is 0. The van der Waals surface area contributed by atoms with Crippen LogP contribution >= 0.6 is 0 Å². The van der Waals surface area contributed by atoms with Crippen LogP contribution in [-0.4, -0.2) is 33.2 Å². The van der Waals surface area contributed by atoms with Crippen LogP contribution in [0.1, 0.15) is 24.1 Å². The third-order valence-electron chi connectivity index (χ3n) is 3.31. The molecule has 4 heteroatoms. The molecular weight excluding hydrogens is 230 g/mol. The van der Waals surface area contributed by atoms with Crippen molar-refractivity contribution in [2.75, 3.05) is 20.8 Å². The number of fused-ring (bicyclic) bond motifs is 1. The molecule has 0 amide bonds. The zero-order valence-electron chi connectivity index (χ0n) is 11.2. The van der Waals surface area contributed by atoms with E-state index < -0.39 is 0 Å². The van der Waals surface area contributed by atoms with E-state index in [1.54, 1.807) is 14.2 Å². The second kappa shape index (κ2) is 6.29. The Balaban J connectivity index is 2.07. The molecule has 0 saturated carbocycles. The zero-order valence-corrected chi connectivity index (χ0v) is 11.2. The molecular formula is C14H21NO3. The molecule has 2 atom stereocenters. The summed E-state index contributed by atoms with van der Waals surface area (Å²) in [7, 11) is 3.30. The molecule has 1 aliphatic rings. The van der Waals surface area contributed by atoms with Gasteiger partial charge in [-0.1, -0.05) is 24.3 Å². The van der Waals surface area contributed by atoms with Crippen LogP contribution in [0.5, 0.6) is 0 Å². The van der Waals surface area contributed by atoms with E-state index >= 15 is 0 Å². The van der Waals surface area contributed by atoms with Crippen molar-refractivity contribution in [1.82, 2.24) is 5.32 Å². The normalized spacial score (nSPS) is 20.8. The number of rotatable bonds is 5. The van der Waals surface area contributed by atoms with E-state index in [2.05, 4.69) is 30.4 Å². The molecule has 0 spiro atoms. The molecule has 0 aliphatic carbocycles. The van der Waals surface area contributed by atoms with E-state index in [1.165, 1.54) is 11.1 Å². The van der Waals surface area contributed by atoms with E-state index in [0.29, 0.717) is 13.2 Å². The van der Waals surface area contributed by atoms with Gasteiger partial charge in [0.2, 0.25) is 0 Å². The molecule has 2 rings (SSSR count). The van der Waals surface area contributed by atoms with Gasteiger partial charge in [0.05, 0.1) is 25.3 Å². The quantitative estimate of drug-likeness (QED) is 0.811. The lowest BCUT2D eigenvalue weighted by Crippen LogP contribution is -2.43. The number of nitrogens with one attached hydrogen (secondary N) is 1. The van der Waals surface area contributed by atoms with Gasteiger partial charge >= 0.3 is 0 Å². The van der Waals surface area contributed by atoms with Crippen LogP contribution in [0, 0.1) is 0 Å². The molecule has 2 unspecified atom stereocenters. The first-order valence-electron chi connectivity index (χ1n) is 6.23. The minimum absolute atomic E-state index is 0.0970. The topological polar surface area (TPSA) is 39.7 Å². The van der Waals surface area contributed by atoms with Crippen molar-refractivity contribution in [2.24, 2.45) is 0 Å². The summed E-state index contributed by atoms with van der Waals surface area (Å²) in [5, 5.41) is 3.50. The average Bonchev–Trinajstić information content (AvgIpc) is 2.40. The van der Waals surface area contributed by atoms with Crippen molar-refractivity contribution < 1.29 is 14.2 Å². The standard InChI is InChI=1S/C14H21NO3/c1-10(14(16-2)17-3)15-13-9-18-8-11-6-4-5-7-12(11)13/h4-7,10,13-15H,8-9H2,1-3H3. The van der Waals surface area contributed by atoms with Gasteiger partial charge in [-0.15, -0.1) is 0 Å². The molecule has 4 nitrogen and oxygen atoms in total. The Morgan fingerprint density at radius 3 is 2.72 bits per heavy atom. The maximum Gasteiger partial charge on any atom is 0.171 e. The van der Waals surface area contributed by atoms with Crippen LogP contribution in [0.4, 0.5) is 0 Å². The lowest BCUT2D eigenvalue weighted by molar-refractivity contribution is -0.122. The van der Waals surface area contributed by atoms with Gasteiger partial charge in [0.25, 0.3) is 0 Å². The zero-order chi connectivity index (χ0) is 13.0. The van der Waals surface area contributed by atoms with Gasteiger partial charge in [-0.3, -0.25) is 0 Å². The summed E-state index contributed by atoms with van der Waals surface area (Å²) in [6.07, 6.45) is -0.251. The van der Waals surface area contributed by atoms with Crippen molar-refractivity contribution in [3.8, 4) is 0 Å². The first kappa shape index (κ1) is 13.5. The molecule has 1 aromatic rings. The van der Waals surface area contributed by atoms with Crippen LogP contribution in [0.2, 0.25) is 0 Å². The van der Waals surface area contributed by atoms with Crippen LogP contribution in [0.15, 0.2) is 24.3 Å². The van der Waals surface area contributed by atoms with Crippen LogP contribution in [0.3, 0.4) is 0 Å². The van der Waals surface area contributed by atoms with Crippen molar-refractivity contribution in [2.45, 2.75) is 31.9 Å². The van der Waals surface area contributed by atoms with E-state index in [0.717, 1.165) is 0 Å². The molecule has 0 aromatic heterocycles. The second-order valence-electron chi connectivity index (χ2n) is 4.56. The Hall–Kier alpha value is -0.940. The second-order valence-corrected chi connectivity index (χ2v) is 4.56. The SMILES string of the molecule is COC(OC)C(C)NC1COCc2ccccc21. The fraction of sp³-hybridized carbons (Fsp3) is 0.571. The van der Waals surface area contributed by atoms with Gasteiger partial charge in [-0.2, -0.15) is 0 Å². The summed E-state index contributed by atoms with van der Waals surface area (Å²) < 4.78 is 16.1. The Morgan fingerprint density at radius 2 is 2.00 bits per heavy atom. The van der Waals surface area contributed by atoms with Crippen LogP contribution in [-0.2, 0) is 20.8 Å². The number of methoxy groups -OCH3 is 2.